The maximum absolute atomic E-state index is 13.3. The molecule has 1 atom stereocenters. The molecule has 10 heteroatoms. The Morgan fingerprint density at radius 1 is 1.22 bits per heavy atom. The van der Waals surface area contributed by atoms with Gasteiger partial charge in [-0.15, -0.1) is 10.2 Å². The van der Waals surface area contributed by atoms with Crippen LogP contribution in [0.4, 0.5) is 4.39 Å². The first-order valence-corrected chi connectivity index (χ1v) is 9.79. The molecule has 0 unspecified atom stereocenters. The van der Waals surface area contributed by atoms with Crippen LogP contribution in [-0.2, 0) is 15.3 Å². The highest BCUT2D eigenvalue weighted by Crippen LogP contribution is 2.28. The summed E-state index contributed by atoms with van der Waals surface area (Å²) in [7, 11) is 1.34. The molecule has 0 amide bonds. The Kier molecular flexibility index (Phi) is 6.40. The highest BCUT2D eigenvalue weighted by Gasteiger charge is 2.21. The van der Waals surface area contributed by atoms with Gasteiger partial charge in [0.1, 0.15) is 16.9 Å². The van der Waals surface area contributed by atoms with Gasteiger partial charge in [-0.05, 0) is 37.3 Å². The summed E-state index contributed by atoms with van der Waals surface area (Å²) in [4.78, 5) is 20.1. The minimum absolute atomic E-state index is 0.336. The van der Waals surface area contributed by atoms with Crippen LogP contribution in [-0.4, -0.2) is 43.1 Å². The van der Waals surface area contributed by atoms with Crippen LogP contribution < -0.4 is 0 Å². The first-order valence-electron chi connectivity index (χ1n) is 7.93. The lowest BCUT2D eigenvalue weighted by Gasteiger charge is -2.12. The summed E-state index contributed by atoms with van der Waals surface area (Å²) >= 11 is 2.63. The molecule has 0 spiro atoms. The molecule has 1 aromatic carbocycles. The average Bonchev–Trinajstić information content (AvgIpc) is 3.09. The van der Waals surface area contributed by atoms with Crippen LogP contribution in [0.2, 0.25) is 0 Å². The van der Waals surface area contributed by atoms with Crippen molar-refractivity contribution in [3.8, 4) is 5.69 Å². The number of benzene rings is 1. The Hall–Kier alpha value is -2.46. The zero-order valence-electron chi connectivity index (χ0n) is 14.6. The van der Waals surface area contributed by atoms with E-state index < -0.39 is 5.25 Å². The third-order valence-corrected chi connectivity index (χ3v) is 5.37. The summed E-state index contributed by atoms with van der Waals surface area (Å²) in [5.41, 5.74) is 0.700. The number of methoxy groups -OCH3 is 1. The van der Waals surface area contributed by atoms with Gasteiger partial charge in [-0.25, -0.2) is 14.4 Å². The number of carbonyl (C=O) groups excluding carboxylic acids is 1. The van der Waals surface area contributed by atoms with Crippen LogP contribution in [0.3, 0.4) is 0 Å². The smallest absolute Gasteiger partial charge is 0.318 e. The van der Waals surface area contributed by atoms with Crippen LogP contribution in [0.5, 0.6) is 0 Å². The number of hydrogen-bond acceptors (Lipinski definition) is 8. The van der Waals surface area contributed by atoms with Crippen molar-refractivity contribution in [1.29, 1.82) is 0 Å². The van der Waals surface area contributed by atoms with E-state index >= 15 is 0 Å². The molecular weight excluding hydrogens is 389 g/mol. The molecule has 0 radical (unpaired) electrons. The number of esters is 1. The molecule has 0 saturated heterocycles. The van der Waals surface area contributed by atoms with Gasteiger partial charge in [0.05, 0.1) is 12.9 Å². The van der Waals surface area contributed by atoms with E-state index in [4.69, 9.17) is 4.74 Å². The second kappa shape index (κ2) is 8.96. The quantitative estimate of drug-likeness (QED) is 0.337. The lowest BCUT2D eigenvalue weighted by molar-refractivity contribution is -0.139. The topological polar surface area (TPSA) is 82.8 Å². The highest BCUT2D eigenvalue weighted by atomic mass is 32.2. The van der Waals surface area contributed by atoms with E-state index in [1.807, 2.05) is 0 Å². The van der Waals surface area contributed by atoms with Gasteiger partial charge in [0.25, 0.3) is 0 Å². The molecule has 3 rings (SSSR count). The molecule has 3 aromatic rings. The standard InChI is InChI=1S/C17H16FN5O2S2/c1-11(15(24)25-2)27-17-22-21-14(10-26-16-19-8-3-9-20-16)23(17)13-6-4-12(18)5-7-13/h3-9,11H,10H2,1-2H3/t11-/m0/s1. The maximum atomic E-state index is 13.3. The zero-order chi connectivity index (χ0) is 19.2. The molecule has 0 aliphatic carbocycles. The number of nitrogens with zero attached hydrogens (tertiary/aromatic N) is 5. The summed E-state index contributed by atoms with van der Waals surface area (Å²) in [5.74, 6) is 0.403. The Morgan fingerprint density at radius 3 is 2.59 bits per heavy atom. The summed E-state index contributed by atoms with van der Waals surface area (Å²) in [6.45, 7) is 1.73. The largest absolute Gasteiger partial charge is 0.468 e. The minimum atomic E-state index is -0.462. The summed E-state index contributed by atoms with van der Waals surface area (Å²) in [5, 5.41) is 9.11. The molecule has 0 fully saturated rings. The number of thioether (sulfide) groups is 2. The van der Waals surface area contributed by atoms with Crippen LogP contribution in [0.15, 0.2) is 53.0 Å². The second-order valence-corrected chi connectivity index (χ2v) is 7.56. The van der Waals surface area contributed by atoms with Crippen LogP contribution in [0.1, 0.15) is 12.7 Å². The average molecular weight is 405 g/mol. The van der Waals surface area contributed by atoms with Crippen LogP contribution in [0, 0.1) is 5.82 Å². The van der Waals surface area contributed by atoms with E-state index in [2.05, 4.69) is 20.2 Å². The summed E-state index contributed by atoms with van der Waals surface area (Å²) in [6, 6.07) is 7.75. The van der Waals surface area contributed by atoms with Crippen LogP contribution in [0.25, 0.3) is 5.69 Å². The number of halogens is 1. The van der Waals surface area contributed by atoms with Gasteiger partial charge in [0.2, 0.25) is 0 Å². The number of hydrogen-bond donors (Lipinski definition) is 0. The van der Waals surface area contributed by atoms with Crippen molar-refractivity contribution in [1.82, 2.24) is 24.7 Å². The Morgan fingerprint density at radius 2 is 1.93 bits per heavy atom. The predicted molar refractivity (Wildman–Crippen MR) is 100 cm³/mol. The Bertz CT molecular complexity index is 905. The first kappa shape index (κ1) is 19.3. The second-order valence-electron chi connectivity index (χ2n) is 5.31. The molecule has 140 valence electrons. The van der Waals surface area contributed by atoms with Crippen molar-refractivity contribution in [2.24, 2.45) is 0 Å². The molecule has 2 heterocycles. The number of aromatic nitrogens is 5. The maximum Gasteiger partial charge on any atom is 0.318 e. The Labute approximate surface area is 163 Å². The summed E-state index contributed by atoms with van der Waals surface area (Å²) < 4.78 is 19.9. The minimum Gasteiger partial charge on any atom is -0.468 e. The van der Waals surface area contributed by atoms with Gasteiger partial charge >= 0.3 is 5.97 Å². The van der Waals surface area contributed by atoms with E-state index in [-0.39, 0.29) is 11.8 Å². The lowest BCUT2D eigenvalue weighted by Crippen LogP contribution is -2.15. The molecule has 7 nitrogen and oxygen atoms in total. The number of carbonyl (C=O) groups is 1. The molecule has 0 N–H and O–H groups in total. The van der Waals surface area contributed by atoms with E-state index in [0.717, 1.165) is 0 Å². The van der Waals surface area contributed by atoms with E-state index in [9.17, 15) is 9.18 Å². The van der Waals surface area contributed by atoms with Gasteiger partial charge < -0.3 is 4.74 Å². The predicted octanol–water partition coefficient (Wildman–Crippen LogP) is 3.14. The zero-order valence-corrected chi connectivity index (χ0v) is 16.2. The Balaban J connectivity index is 1.90. The molecule has 0 aliphatic rings. The van der Waals surface area contributed by atoms with E-state index in [1.165, 1.54) is 42.8 Å². The van der Waals surface area contributed by atoms with Gasteiger partial charge in [0.15, 0.2) is 10.3 Å². The molecule has 27 heavy (non-hydrogen) atoms. The lowest BCUT2D eigenvalue weighted by atomic mass is 10.3. The first-order chi connectivity index (χ1) is 13.1. The number of ether oxygens (including phenoxy) is 1. The fraction of sp³-hybridized carbons (Fsp3) is 0.235. The highest BCUT2D eigenvalue weighted by molar-refractivity contribution is 8.00. The third kappa shape index (κ3) is 4.83. The van der Waals surface area contributed by atoms with Gasteiger partial charge in [-0.3, -0.25) is 9.36 Å². The summed E-state index contributed by atoms with van der Waals surface area (Å²) in [6.07, 6.45) is 3.33. The SMILES string of the molecule is COC(=O)[C@H](C)Sc1nnc(CSc2ncccn2)n1-c1ccc(F)cc1. The van der Waals surface area contributed by atoms with Crippen molar-refractivity contribution in [2.45, 2.75) is 28.2 Å². The van der Waals surface area contributed by atoms with E-state index in [1.54, 1.807) is 42.1 Å². The van der Waals surface area contributed by atoms with E-state index in [0.29, 0.717) is 27.6 Å². The van der Waals surface area contributed by atoms with Crippen molar-refractivity contribution in [3.63, 3.8) is 0 Å². The fourth-order valence-corrected chi connectivity index (χ4v) is 3.81. The number of rotatable bonds is 7. The van der Waals surface area contributed by atoms with Gasteiger partial charge in [-0.2, -0.15) is 0 Å². The fourth-order valence-electron chi connectivity index (χ4n) is 2.18. The molecule has 0 bridgehead atoms. The van der Waals surface area contributed by atoms with Gasteiger partial charge in [0, 0.05) is 18.1 Å². The normalized spacial score (nSPS) is 12.0. The van der Waals surface area contributed by atoms with Gasteiger partial charge in [-0.1, -0.05) is 23.5 Å². The molecule has 0 saturated carbocycles. The van der Waals surface area contributed by atoms with Crippen molar-refractivity contribution in [3.05, 3.63) is 54.4 Å². The third-order valence-electron chi connectivity index (χ3n) is 3.47. The molecular formula is C17H16FN5O2S2. The monoisotopic (exact) mass is 405 g/mol. The molecule has 2 aromatic heterocycles. The molecule has 0 aliphatic heterocycles. The van der Waals surface area contributed by atoms with Crippen molar-refractivity contribution >= 4 is 29.5 Å². The van der Waals surface area contributed by atoms with Crippen LogP contribution >= 0.6 is 23.5 Å². The van der Waals surface area contributed by atoms with Crippen molar-refractivity contribution in [2.75, 3.05) is 7.11 Å². The van der Waals surface area contributed by atoms with Crippen molar-refractivity contribution < 1.29 is 13.9 Å².